The van der Waals surface area contributed by atoms with Crippen molar-refractivity contribution in [2.75, 3.05) is 19.6 Å². The molecule has 2 unspecified atom stereocenters. The zero-order chi connectivity index (χ0) is 22.6. The maximum absolute atomic E-state index is 11.2. The molecule has 1 amide bonds. The minimum atomic E-state index is 0.0659. The average molecular weight is 435 g/mol. The molecule has 1 aliphatic heterocycles. The lowest BCUT2D eigenvalue weighted by molar-refractivity contribution is -0.898. The van der Waals surface area contributed by atoms with E-state index in [1.165, 1.54) is 96.3 Å². The van der Waals surface area contributed by atoms with Crippen LogP contribution in [0.15, 0.2) is 24.6 Å². The number of hydrogen-bond acceptors (Lipinski definition) is 2. The first-order chi connectivity index (χ1) is 15.1. The molecule has 2 N–H and O–H groups in total. The van der Waals surface area contributed by atoms with E-state index >= 15 is 0 Å². The van der Waals surface area contributed by atoms with E-state index in [0.29, 0.717) is 6.17 Å². The summed E-state index contributed by atoms with van der Waals surface area (Å²) in [5.41, 5.74) is 0. The van der Waals surface area contributed by atoms with Crippen LogP contribution in [0.1, 0.15) is 117 Å². The van der Waals surface area contributed by atoms with Crippen LogP contribution >= 0.6 is 0 Å². The third-order valence-corrected chi connectivity index (χ3v) is 6.76. The quantitative estimate of drug-likeness (QED) is 0.126. The lowest BCUT2D eigenvalue weighted by atomic mass is 10.0. The molecule has 0 radical (unpaired) electrons. The maximum Gasteiger partial charge on any atom is 0.217 e. The van der Waals surface area contributed by atoms with E-state index in [4.69, 9.17) is 0 Å². The highest BCUT2D eigenvalue weighted by molar-refractivity contribution is 5.72. The van der Waals surface area contributed by atoms with Gasteiger partial charge in [-0.1, -0.05) is 76.9 Å². The summed E-state index contributed by atoms with van der Waals surface area (Å²) >= 11 is 0. The van der Waals surface area contributed by atoms with E-state index in [1.54, 1.807) is 6.92 Å². The van der Waals surface area contributed by atoms with Gasteiger partial charge in [-0.15, -0.1) is 0 Å². The number of quaternary nitrogens is 1. The Kier molecular flexibility index (Phi) is 16.4. The van der Waals surface area contributed by atoms with Crippen molar-refractivity contribution in [3.05, 3.63) is 24.6 Å². The molecule has 0 aromatic heterocycles. The number of carbonyl (C=O) groups excluding carboxylic acids is 1. The van der Waals surface area contributed by atoms with Crippen molar-refractivity contribution >= 4 is 5.91 Å². The Morgan fingerprint density at radius 3 is 2.06 bits per heavy atom. The lowest BCUT2D eigenvalue weighted by Crippen LogP contribution is -2.55. The molecule has 0 saturated carbocycles. The van der Waals surface area contributed by atoms with Gasteiger partial charge in [0.1, 0.15) is 12.7 Å². The van der Waals surface area contributed by atoms with E-state index in [-0.39, 0.29) is 5.91 Å². The largest absolute Gasteiger partial charge is 0.351 e. The molecular formula is C27H52N3O+. The molecule has 0 bridgehead atoms. The first-order valence-electron chi connectivity index (χ1n) is 13.3. The second-order valence-electron chi connectivity index (χ2n) is 9.35. The van der Waals surface area contributed by atoms with Crippen molar-refractivity contribution in [1.29, 1.82) is 0 Å². The molecular weight excluding hydrogens is 382 g/mol. The molecule has 0 saturated heterocycles. The van der Waals surface area contributed by atoms with Crippen molar-refractivity contribution in [3.63, 3.8) is 0 Å². The third kappa shape index (κ3) is 13.0. The third-order valence-electron chi connectivity index (χ3n) is 6.76. The summed E-state index contributed by atoms with van der Waals surface area (Å²) in [6, 6.07) is 0. The molecule has 0 aromatic rings. The van der Waals surface area contributed by atoms with Crippen molar-refractivity contribution in [2.45, 2.75) is 123 Å². The van der Waals surface area contributed by atoms with Crippen LogP contribution in [0, 0.1) is 0 Å². The van der Waals surface area contributed by atoms with Crippen molar-refractivity contribution in [1.82, 2.24) is 10.6 Å². The predicted octanol–water partition coefficient (Wildman–Crippen LogP) is 6.79. The SMILES string of the molecule is CCCCCC/C=C/CCCCCCCCCCC1NC=C[N+]1(CC)CCNC(C)=O. The molecule has 180 valence electrons. The highest BCUT2D eigenvalue weighted by atomic mass is 16.1. The molecule has 0 fully saturated rings. The second kappa shape index (κ2) is 18.3. The van der Waals surface area contributed by atoms with Gasteiger partial charge in [-0.2, -0.15) is 0 Å². The molecule has 0 spiro atoms. The smallest absolute Gasteiger partial charge is 0.217 e. The molecule has 4 nitrogen and oxygen atoms in total. The van der Waals surface area contributed by atoms with Crippen LogP contribution in [0.5, 0.6) is 0 Å². The van der Waals surface area contributed by atoms with Crippen molar-refractivity contribution < 1.29 is 9.28 Å². The number of nitrogens with zero attached hydrogens (tertiary/aromatic N) is 1. The first-order valence-corrected chi connectivity index (χ1v) is 13.3. The molecule has 1 heterocycles. The fourth-order valence-electron chi connectivity index (χ4n) is 4.63. The Morgan fingerprint density at radius 2 is 1.48 bits per heavy atom. The van der Waals surface area contributed by atoms with Crippen LogP contribution in [0.2, 0.25) is 0 Å². The van der Waals surface area contributed by atoms with E-state index in [2.05, 4.69) is 49.0 Å². The van der Waals surface area contributed by atoms with Gasteiger partial charge < -0.3 is 10.6 Å². The number of rotatable bonds is 20. The van der Waals surface area contributed by atoms with Gasteiger partial charge in [-0.3, -0.25) is 9.28 Å². The normalized spacial score (nSPS) is 20.4. The number of unbranched alkanes of at least 4 members (excludes halogenated alkanes) is 12. The Labute approximate surface area is 193 Å². The summed E-state index contributed by atoms with van der Waals surface area (Å²) in [4.78, 5) is 11.2. The average Bonchev–Trinajstić information content (AvgIpc) is 3.16. The van der Waals surface area contributed by atoms with E-state index in [1.807, 2.05) is 0 Å². The fourth-order valence-corrected chi connectivity index (χ4v) is 4.63. The summed E-state index contributed by atoms with van der Waals surface area (Å²) in [5, 5.41) is 6.52. The number of likely N-dealkylation sites (N-methyl/N-ethyl adjacent to an activating group) is 1. The van der Waals surface area contributed by atoms with Gasteiger partial charge in [-0.05, 0) is 39.0 Å². The number of nitrogens with one attached hydrogen (secondary N) is 2. The van der Waals surface area contributed by atoms with Gasteiger partial charge in [0.15, 0.2) is 6.17 Å². The standard InChI is InChI=1S/C27H51N3O/c1-4-6-7-8-9-10-11-12-13-14-15-16-17-18-19-20-21-27-29-23-25-30(27,5-2)24-22-28-26(3)31/h10-11,23,25,27,29H,4-9,12-22,24H2,1-3H3/p+1/b11-10+. The van der Waals surface area contributed by atoms with Gasteiger partial charge in [-0.25, -0.2) is 0 Å². The van der Waals surface area contributed by atoms with Crippen molar-refractivity contribution in [3.8, 4) is 0 Å². The van der Waals surface area contributed by atoms with E-state index in [9.17, 15) is 4.79 Å². The van der Waals surface area contributed by atoms with Crippen LogP contribution in [0.4, 0.5) is 0 Å². The summed E-state index contributed by atoms with van der Waals surface area (Å²) in [7, 11) is 0. The van der Waals surface area contributed by atoms with Gasteiger partial charge in [0.25, 0.3) is 0 Å². The predicted molar refractivity (Wildman–Crippen MR) is 134 cm³/mol. The Bertz CT molecular complexity index is 503. The zero-order valence-electron chi connectivity index (χ0n) is 21.0. The second-order valence-corrected chi connectivity index (χ2v) is 9.35. The zero-order valence-corrected chi connectivity index (χ0v) is 21.0. The Balaban J connectivity index is 1.97. The van der Waals surface area contributed by atoms with Crippen LogP contribution in [0.25, 0.3) is 0 Å². The monoisotopic (exact) mass is 434 g/mol. The minimum Gasteiger partial charge on any atom is -0.351 e. The fraction of sp³-hybridized carbons (Fsp3) is 0.815. The van der Waals surface area contributed by atoms with E-state index < -0.39 is 0 Å². The van der Waals surface area contributed by atoms with Crippen LogP contribution < -0.4 is 10.6 Å². The summed E-state index contributed by atoms with van der Waals surface area (Å²) in [6.45, 7) is 8.91. The van der Waals surface area contributed by atoms with Gasteiger partial charge in [0.2, 0.25) is 5.91 Å². The topological polar surface area (TPSA) is 41.1 Å². The molecule has 1 aliphatic rings. The Morgan fingerprint density at radius 1 is 0.903 bits per heavy atom. The van der Waals surface area contributed by atoms with E-state index in [0.717, 1.165) is 24.1 Å². The van der Waals surface area contributed by atoms with Gasteiger partial charge in [0, 0.05) is 13.3 Å². The number of amides is 1. The molecule has 31 heavy (non-hydrogen) atoms. The molecule has 1 rings (SSSR count). The van der Waals surface area contributed by atoms with Crippen LogP contribution in [0.3, 0.4) is 0 Å². The minimum absolute atomic E-state index is 0.0659. The molecule has 0 aromatic carbocycles. The highest BCUT2D eigenvalue weighted by Gasteiger charge is 2.36. The summed E-state index contributed by atoms with van der Waals surface area (Å²) < 4.78 is 0.952. The van der Waals surface area contributed by atoms with Crippen LogP contribution in [-0.2, 0) is 4.79 Å². The van der Waals surface area contributed by atoms with Gasteiger partial charge >= 0.3 is 0 Å². The summed E-state index contributed by atoms with van der Waals surface area (Å²) in [6.07, 6.45) is 29.9. The van der Waals surface area contributed by atoms with Crippen LogP contribution in [-0.4, -0.2) is 36.2 Å². The highest BCUT2D eigenvalue weighted by Crippen LogP contribution is 2.23. The molecule has 4 heteroatoms. The molecule has 2 atom stereocenters. The maximum atomic E-state index is 11.2. The van der Waals surface area contributed by atoms with Gasteiger partial charge in [0.05, 0.1) is 19.3 Å². The molecule has 0 aliphatic carbocycles. The Hall–Kier alpha value is -1.29. The number of hydrogen-bond donors (Lipinski definition) is 2. The first kappa shape index (κ1) is 27.7. The number of carbonyl (C=O) groups is 1. The lowest BCUT2D eigenvalue weighted by Gasteiger charge is -2.37. The summed E-state index contributed by atoms with van der Waals surface area (Å²) in [5.74, 6) is 0.0659. The number of allylic oxidation sites excluding steroid dienone is 2. The van der Waals surface area contributed by atoms with Crippen molar-refractivity contribution in [2.24, 2.45) is 0 Å².